The van der Waals surface area contributed by atoms with E-state index in [0.717, 1.165) is 19.3 Å². The summed E-state index contributed by atoms with van der Waals surface area (Å²) in [5.41, 5.74) is 4.65. The topological polar surface area (TPSA) is 35.5 Å². The van der Waals surface area contributed by atoms with Gasteiger partial charge in [-0.3, -0.25) is 4.79 Å². The Kier molecular flexibility index (Phi) is 6.56. The van der Waals surface area contributed by atoms with Gasteiger partial charge in [0, 0.05) is 6.42 Å². The van der Waals surface area contributed by atoms with Gasteiger partial charge in [0.05, 0.1) is 18.1 Å². The minimum atomic E-state index is -0.519. The molecule has 0 N–H and O–H groups in total. The molecule has 0 radical (unpaired) electrons. The lowest BCUT2D eigenvalue weighted by molar-refractivity contribution is -0.157. The second-order valence-electron chi connectivity index (χ2n) is 8.50. The maximum atomic E-state index is 12.7. The highest BCUT2D eigenvalue weighted by atomic mass is 16.6. The highest BCUT2D eigenvalue weighted by Gasteiger charge is 2.33. The lowest BCUT2D eigenvalue weighted by atomic mass is 9.78. The van der Waals surface area contributed by atoms with E-state index in [1.807, 2.05) is 19.9 Å². The van der Waals surface area contributed by atoms with Gasteiger partial charge in [-0.2, -0.15) is 0 Å². The van der Waals surface area contributed by atoms with Crippen LogP contribution in [0.4, 0.5) is 0 Å². The molecule has 3 heteroatoms. The normalized spacial score (nSPS) is 16.8. The SMILES string of the molecule is CCC(CC(C)(C)C(=O)OCCOC1Cc2ccccc21)c1ccc(C)cc1. The lowest BCUT2D eigenvalue weighted by Crippen LogP contribution is -2.30. The first-order chi connectivity index (χ1) is 13.4. The Morgan fingerprint density at radius 3 is 2.50 bits per heavy atom. The molecule has 0 bridgehead atoms. The smallest absolute Gasteiger partial charge is 0.311 e. The van der Waals surface area contributed by atoms with Crippen molar-refractivity contribution in [3.8, 4) is 0 Å². The zero-order valence-electron chi connectivity index (χ0n) is 17.5. The summed E-state index contributed by atoms with van der Waals surface area (Å²) in [5.74, 6) is 0.210. The summed E-state index contributed by atoms with van der Waals surface area (Å²) in [6, 6.07) is 17.0. The molecule has 1 aliphatic rings. The summed E-state index contributed by atoms with van der Waals surface area (Å²) in [5, 5.41) is 0. The molecular formula is C25H32O3. The third-order valence-electron chi connectivity index (χ3n) is 5.79. The van der Waals surface area contributed by atoms with Crippen LogP contribution >= 0.6 is 0 Å². The average Bonchev–Trinajstić information content (AvgIpc) is 2.67. The van der Waals surface area contributed by atoms with E-state index >= 15 is 0 Å². The van der Waals surface area contributed by atoms with Gasteiger partial charge in [-0.25, -0.2) is 0 Å². The first-order valence-electron chi connectivity index (χ1n) is 10.3. The minimum Gasteiger partial charge on any atom is -0.463 e. The maximum Gasteiger partial charge on any atom is 0.311 e. The molecule has 0 heterocycles. The Labute approximate surface area is 169 Å². The van der Waals surface area contributed by atoms with E-state index in [9.17, 15) is 4.79 Å². The quantitative estimate of drug-likeness (QED) is 0.410. The number of ether oxygens (including phenoxy) is 2. The Morgan fingerprint density at radius 2 is 1.82 bits per heavy atom. The Hall–Kier alpha value is -2.13. The molecular weight excluding hydrogens is 348 g/mol. The molecule has 0 saturated carbocycles. The highest BCUT2D eigenvalue weighted by Crippen LogP contribution is 2.36. The predicted octanol–water partition coefficient (Wildman–Crippen LogP) is 5.76. The van der Waals surface area contributed by atoms with E-state index < -0.39 is 5.41 Å². The van der Waals surface area contributed by atoms with Gasteiger partial charge in [0.1, 0.15) is 6.61 Å². The van der Waals surface area contributed by atoms with Crippen molar-refractivity contribution in [3.05, 3.63) is 70.8 Å². The molecule has 2 aromatic carbocycles. The van der Waals surface area contributed by atoms with E-state index in [2.05, 4.69) is 56.3 Å². The largest absolute Gasteiger partial charge is 0.463 e. The number of benzene rings is 2. The van der Waals surface area contributed by atoms with E-state index in [-0.39, 0.29) is 12.1 Å². The van der Waals surface area contributed by atoms with Crippen LogP contribution in [0.15, 0.2) is 48.5 Å². The molecule has 0 aromatic heterocycles. The summed E-state index contributed by atoms with van der Waals surface area (Å²) in [6.45, 7) is 8.98. The molecule has 0 amide bonds. The van der Waals surface area contributed by atoms with Crippen LogP contribution in [0.2, 0.25) is 0 Å². The van der Waals surface area contributed by atoms with Gasteiger partial charge in [-0.15, -0.1) is 0 Å². The molecule has 150 valence electrons. The van der Waals surface area contributed by atoms with Crippen molar-refractivity contribution in [2.24, 2.45) is 5.41 Å². The van der Waals surface area contributed by atoms with Gasteiger partial charge < -0.3 is 9.47 Å². The molecule has 2 aromatic rings. The van der Waals surface area contributed by atoms with Crippen molar-refractivity contribution in [3.63, 3.8) is 0 Å². The summed E-state index contributed by atoms with van der Waals surface area (Å²) < 4.78 is 11.4. The van der Waals surface area contributed by atoms with E-state index in [0.29, 0.717) is 19.1 Å². The van der Waals surface area contributed by atoms with Crippen LogP contribution in [-0.4, -0.2) is 19.2 Å². The second kappa shape index (κ2) is 8.91. The van der Waals surface area contributed by atoms with Gasteiger partial charge in [-0.1, -0.05) is 61.0 Å². The maximum absolute atomic E-state index is 12.7. The molecule has 3 rings (SSSR count). The van der Waals surface area contributed by atoms with Crippen LogP contribution in [0.5, 0.6) is 0 Å². The molecule has 2 unspecified atom stereocenters. The van der Waals surface area contributed by atoms with Crippen molar-refractivity contribution in [1.29, 1.82) is 0 Å². The zero-order chi connectivity index (χ0) is 20.1. The minimum absolute atomic E-state index is 0.143. The molecule has 0 aliphatic heterocycles. The monoisotopic (exact) mass is 380 g/mol. The van der Waals surface area contributed by atoms with Crippen molar-refractivity contribution in [1.82, 2.24) is 0 Å². The molecule has 3 nitrogen and oxygen atoms in total. The van der Waals surface area contributed by atoms with Crippen LogP contribution in [0.1, 0.15) is 67.9 Å². The van der Waals surface area contributed by atoms with Crippen LogP contribution in [0.25, 0.3) is 0 Å². The van der Waals surface area contributed by atoms with Gasteiger partial charge >= 0.3 is 5.97 Å². The van der Waals surface area contributed by atoms with Gasteiger partial charge in [0.2, 0.25) is 0 Å². The average molecular weight is 381 g/mol. The van der Waals surface area contributed by atoms with Gasteiger partial charge in [-0.05, 0) is 56.2 Å². The van der Waals surface area contributed by atoms with Crippen molar-refractivity contribution in [2.75, 3.05) is 13.2 Å². The van der Waals surface area contributed by atoms with Gasteiger partial charge in [0.15, 0.2) is 0 Å². The number of aryl methyl sites for hydroxylation is 1. The van der Waals surface area contributed by atoms with Crippen LogP contribution in [-0.2, 0) is 20.7 Å². The van der Waals surface area contributed by atoms with Gasteiger partial charge in [0.25, 0.3) is 0 Å². The molecule has 2 atom stereocenters. The van der Waals surface area contributed by atoms with E-state index in [4.69, 9.17) is 9.47 Å². The highest BCUT2D eigenvalue weighted by molar-refractivity contribution is 5.76. The lowest BCUT2D eigenvalue weighted by Gasteiger charge is -2.30. The third-order valence-corrected chi connectivity index (χ3v) is 5.79. The van der Waals surface area contributed by atoms with Crippen molar-refractivity contribution >= 4 is 5.97 Å². The predicted molar refractivity (Wildman–Crippen MR) is 112 cm³/mol. The molecule has 28 heavy (non-hydrogen) atoms. The summed E-state index contributed by atoms with van der Waals surface area (Å²) in [7, 11) is 0. The van der Waals surface area contributed by atoms with Crippen molar-refractivity contribution < 1.29 is 14.3 Å². The summed E-state index contributed by atoms with van der Waals surface area (Å²) >= 11 is 0. The molecule has 1 aliphatic carbocycles. The van der Waals surface area contributed by atoms with E-state index in [1.54, 1.807) is 0 Å². The fourth-order valence-corrected chi connectivity index (χ4v) is 3.92. The Bertz CT molecular complexity index is 792. The van der Waals surface area contributed by atoms with Crippen molar-refractivity contribution in [2.45, 2.75) is 59.0 Å². The first-order valence-corrected chi connectivity index (χ1v) is 10.3. The summed E-state index contributed by atoms with van der Waals surface area (Å²) in [4.78, 5) is 12.7. The second-order valence-corrected chi connectivity index (χ2v) is 8.50. The Balaban J connectivity index is 1.45. The molecule has 0 saturated heterocycles. The van der Waals surface area contributed by atoms with Crippen LogP contribution < -0.4 is 0 Å². The number of carbonyl (C=O) groups excluding carboxylic acids is 1. The molecule has 0 spiro atoms. The summed E-state index contributed by atoms with van der Waals surface area (Å²) in [6.07, 6.45) is 2.88. The number of hydrogen-bond donors (Lipinski definition) is 0. The van der Waals surface area contributed by atoms with Crippen LogP contribution in [0, 0.1) is 12.3 Å². The zero-order valence-corrected chi connectivity index (χ0v) is 17.5. The third kappa shape index (κ3) is 4.82. The van der Waals surface area contributed by atoms with E-state index in [1.165, 1.54) is 22.3 Å². The number of esters is 1. The Morgan fingerprint density at radius 1 is 1.11 bits per heavy atom. The number of fused-ring (bicyclic) bond motifs is 1. The van der Waals surface area contributed by atoms with Crippen LogP contribution in [0.3, 0.4) is 0 Å². The fourth-order valence-electron chi connectivity index (χ4n) is 3.92. The number of rotatable bonds is 9. The number of carbonyl (C=O) groups is 1. The number of hydrogen-bond acceptors (Lipinski definition) is 3. The standard InChI is InChI=1S/C25H32O3/c1-5-19(20-12-10-18(2)11-13-20)17-25(3,4)24(26)28-15-14-27-23-16-21-8-6-7-9-22(21)23/h6-13,19,23H,5,14-17H2,1-4H3. The first kappa shape index (κ1) is 20.6. The fraction of sp³-hybridized carbons (Fsp3) is 0.480. The molecule has 0 fully saturated rings.